The SMILES string of the molecule is C=CC1(Oc2cc(C(=O)OCC(=O)Oc3ccccc3)ccc2OC(F)(F)F)CCCC1. The Balaban J connectivity index is 1.73. The molecule has 170 valence electrons. The molecular formula is C23H21F3O6. The van der Waals surface area contributed by atoms with Gasteiger partial charge in [-0.2, -0.15) is 0 Å². The van der Waals surface area contributed by atoms with Crippen LogP contribution in [0.15, 0.2) is 61.2 Å². The van der Waals surface area contributed by atoms with Gasteiger partial charge in [-0.3, -0.25) is 0 Å². The number of halogens is 3. The zero-order chi connectivity index (χ0) is 23.2. The molecule has 1 aliphatic rings. The molecule has 0 N–H and O–H groups in total. The summed E-state index contributed by atoms with van der Waals surface area (Å²) in [5.41, 5.74) is -0.967. The molecule has 0 unspecified atom stereocenters. The highest BCUT2D eigenvalue weighted by atomic mass is 19.4. The third kappa shape index (κ3) is 6.26. The highest BCUT2D eigenvalue weighted by Gasteiger charge is 2.37. The number of esters is 2. The van der Waals surface area contributed by atoms with E-state index >= 15 is 0 Å². The normalized spacial score (nSPS) is 15.0. The van der Waals surface area contributed by atoms with Crippen molar-refractivity contribution < 1.29 is 41.7 Å². The minimum atomic E-state index is -4.95. The van der Waals surface area contributed by atoms with Crippen LogP contribution >= 0.6 is 0 Å². The second-order valence-corrected chi connectivity index (χ2v) is 7.15. The van der Waals surface area contributed by atoms with Crippen LogP contribution < -0.4 is 14.2 Å². The number of benzene rings is 2. The topological polar surface area (TPSA) is 71.1 Å². The molecule has 2 aromatic carbocycles. The summed E-state index contributed by atoms with van der Waals surface area (Å²) in [5, 5.41) is 0. The van der Waals surface area contributed by atoms with E-state index < -0.39 is 36.3 Å². The Morgan fingerprint density at radius 3 is 2.34 bits per heavy atom. The average Bonchev–Trinajstić information content (AvgIpc) is 3.22. The highest BCUT2D eigenvalue weighted by molar-refractivity contribution is 5.91. The van der Waals surface area contributed by atoms with E-state index in [9.17, 15) is 22.8 Å². The molecule has 1 fully saturated rings. The van der Waals surface area contributed by atoms with Crippen LogP contribution in [0.1, 0.15) is 36.0 Å². The number of alkyl halides is 3. The Hall–Kier alpha value is -3.49. The maximum atomic E-state index is 12.8. The molecule has 0 amide bonds. The van der Waals surface area contributed by atoms with E-state index in [1.807, 2.05) is 0 Å². The first-order valence-corrected chi connectivity index (χ1v) is 9.85. The van der Waals surface area contributed by atoms with E-state index in [0.29, 0.717) is 12.8 Å². The van der Waals surface area contributed by atoms with Crippen LogP contribution in [0.2, 0.25) is 0 Å². The van der Waals surface area contributed by atoms with Gasteiger partial charge < -0.3 is 18.9 Å². The average molecular weight is 450 g/mol. The maximum absolute atomic E-state index is 12.8. The van der Waals surface area contributed by atoms with Crippen LogP contribution in [0, 0.1) is 0 Å². The van der Waals surface area contributed by atoms with Crippen molar-refractivity contribution in [1.29, 1.82) is 0 Å². The summed E-state index contributed by atoms with van der Waals surface area (Å²) in [4.78, 5) is 24.2. The Bertz CT molecular complexity index is 965. The van der Waals surface area contributed by atoms with Gasteiger partial charge in [0.25, 0.3) is 0 Å². The lowest BCUT2D eigenvalue weighted by molar-refractivity contribution is -0.275. The van der Waals surface area contributed by atoms with Gasteiger partial charge >= 0.3 is 18.3 Å². The first kappa shape index (κ1) is 23.2. The Morgan fingerprint density at radius 2 is 1.72 bits per heavy atom. The summed E-state index contributed by atoms with van der Waals surface area (Å²) in [6, 6.07) is 11.3. The van der Waals surface area contributed by atoms with Gasteiger partial charge in [0.1, 0.15) is 11.4 Å². The fourth-order valence-electron chi connectivity index (χ4n) is 3.32. The predicted molar refractivity (Wildman–Crippen MR) is 108 cm³/mol. The van der Waals surface area contributed by atoms with E-state index in [1.54, 1.807) is 36.4 Å². The molecule has 2 aromatic rings. The van der Waals surface area contributed by atoms with Crippen molar-refractivity contribution in [3.63, 3.8) is 0 Å². The Labute approximate surface area is 182 Å². The molecule has 0 radical (unpaired) electrons. The van der Waals surface area contributed by atoms with E-state index in [2.05, 4.69) is 11.3 Å². The van der Waals surface area contributed by atoms with Gasteiger partial charge in [-0.15, -0.1) is 13.2 Å². The van der Waals surface area contributed by atoms with Crippen molar-refractivity contribution in [2.75, 3.05) is 6.61 Å². The predicted octanol–water partition coefficient (Wildman–Crippen LogP) is 5.23. The van der Waals surface area contributed by atoms with Crippen molar-refractivity contribution >= 4 is 11.9 Å². The minimum Gasteiger partial charge on any atom is -0.479 e. The van der Waals surface area contributed by atoms with Crippen molar-refractivity contribution in [2.45, 2.75) is 37.6 Å². The summed E-state index contributed by atoms with van der Waals surface area (Å²) < 4.78 is 58.3. The molecule has 9 heteroatoms. The molecule has 3 rings (SSSR count). The van der Waals surface area contributed by atoms with Crippen LogP contribution in [0.3, 0.4) is 0 Å². The molecule has 0 bridgehead atoms. The highest BCUT2D eigenvalue weighted by Crippen LogP contribution is 2.40. The number of hydrogen-bond acceptors (Lipinski definition) is 6. The molecule has 1 aliphatic carbocycles. The third-order valence-corrected chi connectivity index (χ3v) is 4.84. The van der Waals surface area contributed by atoms with Crippen molar-refractivity contribution in [2.24, 2.45) is 0 Å². The number of hydrogen-bond donors (Lipinski definition) is 0. The van der Waals surface area contributed by atoms with Gasteiger partial charge in [0, 0.05) is 0 Å². The van der Waals surface area contributed by atoms with Crippen molar-refractivity contribution in [3.8, 4) is 17.2 Å². The summed E-state index contributed by atoms with van der Waals surface area (Å²) in [7, 11) is 0. The van der Waals surface area contributed by atoms with Gasteiger partial charge in [0.05, 0.1) is 5.56 Å². The van der Waals surface area contributed by atoms with Crippen LogP contribution in [-0.4, -0.2) is 30.5 Å². The summed E-state index contributed by atoms with van der Waals surface area (Å²) in [5.74, 6) is -2.33. The van der Waals surface area contributed by atoms with Gasteiger partial charge in [-0.25, -0.2) is 9.59 Å². The van der Waals surface area contributed by atoms with Gasteiger partial charge in [0.15, 0.2) is 18.1 Å². The van der Waals surface area contributed by atoms with Gasteiger partial charge in [0.2, 0.25) is 0 Å². The van der Waals surface area contributed by atoms with E-state index in [0.717, 1.165) is 31.0 Å². The van der Waals surface area contributed by atoms with Gasteiger partial charge in [-0.1, -0.05) is 24.8 Å². The molecule has 0 heterocycles. The lowest BCUT2D eigenvalue weighted by Crippen LogP contribution is -2.30. The second kappa shape index (κ2) is 9.76. The third-order valence-electron chi connectivity index (χ3n) is 4.84. The van der Waals surface area contributed by atoms with E-state index in [-0.39, 0.29) is 17.1 Å². The quantitative estimate of drug-likeness (QED) is 0.312. The minimum absolute atomic E-state index is 0.112. The number of carbonyl (C=O) groups is 2. The first-order chi connectivity index (χ1) is 15.2. The summed E-state index contributed by atoms with van der Waals surface area (Å²) >= 11 is 0. The monoisotopic (exact) mass is 450 g/mol. The fraction of sp³-hybridized carbons (Fsp3) is 0.304. The summed E-state index contributed by atoms with van der Waals surface area (Å²) in [6.45, 7) is 3.05. The molecule has 0 spiro atoms. The lowest BCUT2D eigenvalue weighted by atomic mass is 10.0. The second-order valence-electron chi connectivity index (χ2n) is 7.15. The van der Waals surface area contributed by atoms with Gasteiger partial charge in [-0.05, 0) is 62.1 Å². The molecule has 0 aromatic heterocycles. The molecule has 0 saturated heterocycles. The zero-order valence-electron chi connectivity index (χ0n) is 17.0. The van der Waals surface area contributed by atoms with E-state index in [1.165, 1.54) is 0 Å². The Kier molecular flexibility index (Phi) is 7.07. The number of rotatable bonds is 8. The standard InChI is InChI=1S/C23H21F3O6/c1-2-22(12-6-7-13-22)31-19-14-16(10-11-18(19)32-23(24,25)26)21(28)29-15-20(27)30-17-8-4-3-5-9-17/h2-5,8-11,14H,1,6-7,12-13,15H2. The molecule has 32 heavy (non-hydrogen) atoms. The maximum Gasteiger partial charge on any atom is 0.573 e. The smallest absolute Gasteiger partial charge is 0.479 e. The number of ether oxygens (including phenoxy) is 4. The van der Waals surface area contributed by atoms with Crippen LogP contribution in [0.4, 0.5) is 13.2 Å². The first-order valence-electron chi connectivity index (χ1n) is 9.85. The van der Waals surface area contributed by atoms with E-state index in [4.69, 9.17) is 14.2 Å². The van der Waals surface area contributed by atoms with Crippen molar-refractivity contribution in [3.05, 3.63) is 66.7 Å². The molecule has 1 saturated carbocycles. The molecular weight excluding hydrogens is 429 g/mol. The Morgan fingerprint density at radius 1 is 1.03 bits per heavy atom. The number of carbonyl (C=O) groups excluding carboxylic acids is 2. The fourth-order valence-corrected chi connectivity index (χ4v) is 3.32. The van der Waals surface area contributed by atoms with Crippen LogP contribution in [-0.2, 0) is 9.53 Å². The molecule has 6 nitrogen and oxygen atoms in total. The molecule has 0 atom stereocenters. The summed E-state index contributed by atoms with van der Waals surface area (Å²) in [6.07, 6.45) is -0.607. The number of para-hydroxylation sites is 1. The lowest BCUT2D eigenvalue weighted by Gasteiger charge is -2.28. The van der Waals surface area contributed by atoms with Crippen molar-refractivity contribution in [1.82, 2.24) is 0 Å². The largest absolute Gasteiger partial charge is 0.573 e. The van der Waals surface area contributed by atoms with Crippen LogP contribution in [0.25, 0.3) is 0 Å². The van der Waals surface area contributed by atoms with Crippen LogP contribution in [0.5, 0.6) is 17.2 Å². The zero-order valence-corrected chi connectivity index (χ0v) is 17.0. The molecule has 0 aliphatic heterocycles.